The first-order valence-corrected chi connectivity index (χ1v) is 7.91. The van der Waals surface area contributed by atoms with E-state index in [1.165, 1.54) is 31.7 Å². The van der Waals surface area contributed by atoms with Gasteiger partial charge in [0.2, 0.25) is 0 Å². The second kappa shape index (κ2) is 6.23. The van der Waals surface area contributed by atoms with Gasteiger partial charge < -0.3 is 10.2 Å². The fourth-order valence-corrected chi connectivity index (χ4v) is 3.87. The summed E-state index contributed by atoms with van der Waals surface area (Å²) in [4.78, 5) is 2.38. The van der Waals surface area contributed by atoms with Crippen LogP contribution >= 0.6 is 0 Å². The predicted octanol–water partition coefficient (Wildman–Crippen LogP) is 3.15. The highest BCUT2D eigenvalue weighted by atomic mass is 19.1. The maximum atomic E-state index is 13.4. The van der Waals surface area contributed by atoms with Crippen LogP contribution < -0.4 is 5.32 Å². The average Bonchev–Trinajstić information content (AvgIpc) is 2.91. The summed E-state index contributed by atoms with van der Waals surface area (Å²) in [7, 11) is 2.18. The van der Waals surface area contributed by atoms with Gasteiger partial charge in [0.1, 0.15) is 5.82 Å². The Morgan fingerprint density at radius 2 is 1.95 bits per heavy atom. The highest BCUT2D eigenvalue weighted by Crippen LogP contribution is 2.28. The number of likely N-dealkylation sites (tertiary alicyclic amines) is 1. The molecule has 0 radical (unpaired) electrons. The molecule has 2 unspecified atom stereocenters. The standard InChI is InChI=1S/C17H25FN2/c1-20-11-14(13-5-4-6-15(18)9-13)10-17(12-20)19-16-7-2-3-8-16/h4-6,9,14,16-17,19H,2-3,7-8,10-12H2,1H3. The van der Waals surface area contributed by atoms with Crippen LogP contribution in [0.15, 0.2) is 24.3 Å². The summed E-state index contributed by atoms with van der Waals surface area (Å²) < 4.78 is 13.4. The van der Waals surface area contributed by atoms with E-state index in [9.17, 15) is 4.39 Å². The Hall–Kier alpha value is -0.930. The molecule has 1 heterocycles. The molecule has 110 valence electrons. The zero-order chi connectivity index (χ0) is 13.9. The van der Waals surface area contributed by atoms with E-state index in [0.29, 0.717) is 18.0 Å². The molecule has 3 heteroatoms. The third kappa shape index (κ3) is 3.39. The SMILES string of the molecule is CN1CC(NC2CCCC2)CC(c2cccc(F)c2)C1. The first-order chi connectivity index (χ1) is 9.70. The van der Waals surface area contributed by atoms with Gasteiger partial charge in [-0.3, -0.25) is 0 Å². The van der Waals surface area contributed by atoms with E-state index in [1.807, 2.05) is 6.07 Å². The minimum atomic E-state index is -0.115. The van der Waals surface area contributed by atoms with Gasteiger partial charge in [-0.05, 0) is 49.9 Å². The number of hydrogen-bond donors (Lipinski definition) is 1. The minimum absolute atomic E-state index is 0.115. The third-order valence-corrected chi connectivity index (χ3v) is 4.78. The second-order valence-corrected chi connectivity index (χ2v) is 6.55. The molecular weight excluding hydrogens is 251 g/mol. The van der Waals surface area contributed by atoms with E-state index in [-0.39, 0.29) is 5.82 Å². The second-order valence-electron chi connectivity index (χ2n) is 6.55. The van der Waals surface area contributed by atoms with E-state index in [1.54, 1.807) is 6.07 Å². The van der Waals surface area contributed by atoms with Crippen LogP contribution in [0.5, 0.6) is 0 Å². The van der Waals surface area contributed by atoms with E-state index in [0.717, 1.165) is 25.1 Å². The van der Waals surface area contributed by atoms with Crippen molar-refractivity contribution in [3.8, 4) is 0 Å². The fraction of sp³-hybridized carbons (Fsp3) is 0.647. The van der Waals surface area contributed by atoms with Crippen LogP contribution in [-0.2, 0) is 0 Å². The maximum Gasteiger partial charge on any atom is 0.123 e. The molecule has 1 aliphatic carbocycles. The first kappa shape index (κ1) is 14.0. The number of piperidine rings is 1. The lowest BCUT2D eigenvalue weighted by Crippen LogP contribution is -2.49. The Morgan fingerprint density at radius 1 is 1.15 bits per heavy atom. The highest BCUT2D eigenvalue weighted by Gasteiger charge is 2.28. The van der Waals surface area contributed by atoms with E-state index in [2.05, 4.69) is 23.3 Å². The van der Waals surface area contributed by atoms with Gasteiger partial charge in [0.15, 0.2) is 0 Å². The summed E-state index contributed by atoms with van der Waals surface area (Å²) >= 11 is 0. The normalized spacial score (nSPS) is 28.9. The third-order valence-electron chi connectivity index (χ3n) is 4.78. The van der Waals surface area contributed by atoms with Gasteiger partial charge in [0.05, 0.1) is 0 Å². The summed E-state index contributed by atoms with van der Waals surface area (Å²) in [6, 6.07) is 8.39. The summed E-state index contributed by atoms with van der Waals surface area (Å²) in [6.45, 7) is 2.15. The van der Waals surface area contributed by atoms with Crippen molar-refractivity contribution in [2.24, 2.45) is 0 Å². The molecule has 20 heavy (non-hydrogen) atoms. The van der Waals surface area contributed by atoms with Gasteiger partial charge in [-0.15, -0.1) is 0 Å². The molecule has 2 atom stereocenters. The molecule has 2 aliphatic rings. The molecule has 1 N–H and O–H groups in total. The van der Waals surface area contributed by atoms with Crippen molar-refractivity contribution in [1.82, 2.24) is 10.2 Å². The van der Waals surface area contributed by atoms with Crippen LogP contribution in [0, 0.1) is 5.82 Å². The molecule has 3 rings (SSSR count). The van der Waals surface area contributed by atoms with Crippen molar-refractivity contribution >= 4 is 0 Å². The molecule has 0 amide bonds. The van der Waals surface area contributed by atoms with Gasteiger partial charge in [-0.25, -0.2) is 4.39 Å². The lowest BCUT2D eigenvalue weighted by atomic mass is 9.88. The Labute approximate surface area is 121 Å². The maximum absolute atomic E-state index is 13.4. The minimum Gasteiger partial charge on any atom is -0.310 e. The quantitative estimate of drug-likeness (QED) is 0.912. The Balaban J connectivity index is 1.66. The van der Waals surface area contributed by atoms with Crippen LogP contribution in [0.25, 0.3) is 0 Å². The van der Waals surface area contributed by atoms with E-state index < -0.39 is 0 Å². The smallest absolute Gasteiger partial charge is 0.123 e. The van der Waals surface area contributed by atoms with Crippen LogP contribution in [-0.4, -0.2) is 37.1 Å². The number of halogens is 1. The molecule has 0 bridgehead atoms. The molecule has 1 saturated heterocycles. The van der Waals surface area contributed by atoms with Crippen LogP contribution in [0.1, 0.15) is 43.6 Å². The van der Waals surface area contributed by atoms with Crippen molar-refractivity contribution in [2.75, 3.05) is 20.1 Å². The van der Waals surface area contributed by atoms with Gasteiger partial charge in [-0.1, -0.05) is 25.0 Å². The van der Waals surface area contributed by atoms with E-state index >= 15 is 0 Å². The Kier molecular flexibility index (Phi) is 4.37. The van der Waals surface area contributed by atoms with Crippen molar-refractivity contribution in [3.05, 3.63) is 35.6 Å². The molecule has 0 aromatic heterocycles. The molecular formula is C17H25FN2. The number of nitrogens with zero attached hydrogens (tertiary/aromatic N) is 1. The predicted molar refractivity (Wildman–Crippen MR) is 80.4 cm³/mol. The number of benzene rings is 1. The van der Waals surface area contributed by atoms with Crippen molar-refractivity contribution < 1.29 is 4.39 Å². The monoisotopic (exact) mass is 276 g/mol. The average molecular weight is 276 g/mol. The van der Waals surface area contributed by atoms with Crippen LogP contribution in [0.4, 0.5) is 4.39 Å². The summed E-state index contributed by atoms with van der Waals surface area (Å²) in [5, 5.41) is 3.83. The molecule has 1 aromatic rings. The number of hydrogen-bond acceptors (Lipinski definition) is 2. The highest BCUT2D eigenvalue weighted by molar-refractivity contribution is 5.22. The Bertz CT molecular complexity index is 442. The topological polar surface area (TPSA) is 15.3 Å². The van der Waals surface area contributed by atoms with E-state index in [4.69, 9.17) is 0 Å². The van der Waals surface area contributed by atoms with Gasteiger partial charge >= 0.3 is 0 Å². The summed E-state index contributed by atoms with van der Waals surface area (Å²) in [5.41, 5.74) is 1.15. The number of rotatable bonds is 3. The zero-order valence-electron chi connectivity index (χ0n) is 12.3. The largest absolute Gasteiger partial charge is 0.310 e. The molecule has 2 nitrogen and oxygen atoms in total. The lowest BCUT2D eigenvalue weighted by Gasteiger charge is -2.37. The molecule has 0 spiro atoms. The number of nitrogens with one attached hydrogen (secondary N) is 1. The number of likely N-dealkylation sites (N-methyl/N-ethyl adjacent to an activating group) is 1. The van der Waals surface area contributed by atoms with Gasteiger partial charge in [0.25, 0.3) is 0 Å². The molecule has 1 aromatic carbocycles. The zero-order valence-corrected chi connectivity index (χ0v) is 12.3. The molecule has 1 saturated carbocycles. The van der Waals surface area contributed by atoms with Crippen LogP contribution in [0.2, 0.25) is 0 Å². The first-order valence-electron chi connectivity index (χ1n) is 7.91. The lowest BCUT2D eigenvalue weighted by molar-refractivity contribution is 0.195. The summed E-state index contributed by atoms with van der Waals surface area (Å²) in [6.07, 6.45) is 6.51. The Morgan fingerprint density at radius 3 is 2.70 bits per heavy atom. The van der Waals surface area contributed by atoms with Crippen molar-refractivity contribution in [1.29, 1.82) is 0 Å². The van der Waals surface area contributed by atoms with Crippen molar-refractivity contribution in [3.63, 3.8) is 0 Å². The summed E-state index contributed by atoms with van der Waals surface area (Å²) in [5.74, 6) is 0.333. The molecule has 2 fully saturated rings. The van der Waals surface area contributed by atoms with Gasteiger partial charge in [0, 0.05) is 25.2 Å². The van der Waals surface area contributed by atoms with Gasteiger partial charge in [-0.2, -0.15) is 0 Å². The van der Waals surface area contributed by atoms with Crippen LogP contribution in [0.3, 0.4) is 0 Å². The fourth-order valence-electron chi connectivity index (χ4n) is 3.87. The van der Waals surface area contributed by atoms with Crippen molar-refractivity contribution in [2.45, 2.75) is 50.1 Å². The molecule has 1 aliphatic heterocycles.